The van der Waals surface area contributed by atoms with Crippen LogP contribution in [0.4, 0.5) is 5.82 Å². The summed E-state index contributed by atoms with van der Waals surface area (Å²) in [4.78, 5) is 26.8. The van der Waals surface area contributed by atoms with Crippen molar-refractivity contribution in [2.45, 2.75) is 45.8 Å². The van der Waals surface area contributed by atoms with E-state index in [2.05, 4.69) is 10.3 Å². The van der Waals surface area contributed by atoms with Gasteiger partial charge in [-0.2, -0.15) is 0 Å². The van der Waals surface area contributed by atoms with E-state index >= 15 is 0 Å². The molecule has 3 N–H and O–H groups in total. The van der Waals surface area contributed by atoms with Crippen molar-refractivity contribution in [1.29, 1.82) is 0 Å². The van der Waals surface area contributed by atoms with Crippen LogP contribution in [0.2, 0.25) is 0 Å². The van der Waals surface area contributed by atoms with Gasteiger partial charge in [-0.25, -0.2) is 4.98 Å². The Balaban J connectivity index is 2.36. The number of nitrogens with two attached hydrogens (primary N) is 1. The second-order valence-corrected chi connectivity index (χ2v) is 6.30. The van der Waals surface area contributed by atoms with Crippen molar-refractivity contribution in [3.63, 3.8) is 0 Å². The van der Waals surface area contributed by atoms with E-state index < -0.39 is 24.2 Å². The minimum Gasteiger partial charge on any atom is -0.399 e. The number of carbonyl (C=O) groups excluding carboxylic acids is 2. The Morgan fingerprint density at radius 1 is 1.23 bits per heavy atom. The van der Waals surface area contributed by atoms with E-state index in [0.29, 0.717) is 5.46 Å². The molecular weight excluding hydrogens is 285 g/mol. The molecule has 1 fully saturated rings. The molecule has 0 radical (unpaired) electrons. The van der Waals surface area contributed by atoms with Crippen molar-refractivity contribution in [3.8, 4) is 0 Å². The summed E-state index contributed by atoms with van der Waals surface area (Å²) >= 11 is 0. The molecule has 2 rings (SSSR count). The Hall–Kier alpha value is -1.93. The predicted molar refractivity (Wildman–Crippen MR) is 82.8 cm³/mol. The number of primary amides is 1. The molecule has 0 aliphatic carbocycles. The van der Waals surface area contributed by atoms with Crippen LogP contribution in [0.1, 0.15) is 45.0 Å². The number of hydrogen-bond acceptors (Lipinski definition) is 5. The molecule has 7 nitrogen and oxygen atoms in total. The molecule has 0 saturated carbocycles. The molecule has 1 saturated heterocycles. The molecule has 0 unspecified atom stereocenters. The van der Waals surface area contributed by atoms with Crippen molar-refractivity contribution in [2.75, 3.05) is 5.32 Å². The minimum atomic E-state index is -0.686. The Bertz CT molecular complexity index is 615. The standard InChI is InChI=1S/C14H20BN3O4/c1-8(19)18-12-10(11(16)20)6-9(7-17-12)15-21-13(2,3)14(4,5)22-15/h6-7H,1-5H3,(H2,16,20)(H,17,18,19). The maximum atomic E-state index is 11.6. The zero-order valence-electron chi connectivity index (χ0n) is 13.4. The Morgan fingerprint density at radius 2 is 1.77 bits per heavy atom. The van der Waals surface area contributed by atoms with Crippen LogP contribution in [-0.4, -0.2) is 35.1 Å². The van der Waals surface area contributed by atoms with E-state index in [0.717, 1.165) is 0 Å². The Kier molecular flexibility index (Phi) is 4.01. The molecule has 2 heterocycles. The fraction of sp³-hybridized carbons (Fsp3) is 0.500. The normalized spacial score (nSPS) is 19.0. The largest absolute Gasteiger partial charge is 0.496 e. The van der Waals surface area contributed by atoms with Crippen molar-refractivity contribution < 1.29 is 18.9 Å². The van der Waals surface area contributed by atoms with Crippen LogP contribution in [0, 0.1) is 0 Å². The smallest absolute Gasteiger partial charge is 0.399 e. The van der Waals surface area contributed by atoms with Crippen molar-refractivity contribution >= 4 is 30.2 Å². The first-order chi connectivity index (χ1) is 10.0. The van der Waals surface area contributed by atoms with Gasteiger partial charge >= 0.3 is 7.12 Å². The van der Waals surface area contributed by atoms with Gasteiger partial charge in [0.25, 0.3) is 5.91 Å². The second-order valence-electron chi connectivity index (χ2n) is 6.30. The van der Waals surface area contributed by atoms with Crippen LogP contribution in [-0.2, 0) is 14.1 Å². The van der Waals surface area contributed by atoms with Gasteiger partial charge in [0.2, 0.25) is 5.91 Å². The Labute approximate surface area is 129 Å². The van der Waals surface area contributed by atoms with Crippen molar-refractivity contribution in [2.24, 2.45) is 5.73 Å². The monoisotopic (exact) mass is 305 g/mol. The predicted octanol–water partition coefficient (Wildman–Crippen LogP) is 0.438. The van der Waals surface area contributed by atoms with Gasteiger partial charge in [0, 0.05) is 18.6 Å². The first-order valence-electron chi connectivity index (χ1n) is 6.96. The van der Waals surface area contributed by atoms with E-state index in [9.17, 15) is 9.59 Å². The van der Waals surface area contributed by atoms with E-state index in [-0.39, 0.29) is 17.3 Å². The van der Waals surface area contributed by atoms with Crippen molar-refractivity contribution in [3.05, 3.63) is 17.8 Å². The van der Waals surface area contributed by atoms with Crippen molar-refractivity contribution in [1.82, 2.24) is 4.98 Å². The molecule has 1 aromatic rings. The number of hydrogen-bond donors (Lipinski definition) is 2. The average molecular weight is 305 g/mol. The van der Waals surface area contributed by atoms with Crippen LogP contribution in [0.5, 0.6) is 0 Å². The Morgan fingerprint density at radius 3 is 2.23 bits per heavy atom. The molecule has 1 aliphatic rings. The molecular formula is C14H20BN3O4. The van der Waals surface area contributed by atoms with Gasteiger partial charge in [-0.05, 0) is 33.8 Å². The van der Waals surface area contributed by atoms with Crippen LogP contribution in [0.3, 0.4) is 0 Å². The highest BCUT2D eigenvalue weighted by Gasteiger charge is 2.51. The summed E-state index contributed by atoms with van der Waals surface area (Å²) in [6.07, 6.45) is 1.50. The third-order valence-electron chi connectivity index (χ3n) is 3.99. The maximum Gasteiger partial charge on any atom is 0.496 e. The number of aromatic nitrogens is 1. The number of amides is 2. The lowest BCUT2D eigenvalue weighted by Crippen LogP contribution is -2.41. The van der Waals surface area contributed by atoms with E-state index in [1.54, 1.807) is 0 Å². The van der Waals surface area contributed by atoms with Gasteiger partial charge in [0.1, 0.15) is 5.82 Å². The number of pyridine rings is 1. The maximum absolute atomic E-state index is 11.6. The topological polar surface area (TPSA) is 104 Å². The zero-order valence-corrected chi connectivity index (χ0v) is 13.4. The fourth-order valence-corrected chi connectivity index (χ4v) is 2.04. The molecule has 0 bridgehead atoms. The lowest BCUT2D eigenvalue weighted by Gasteiger charge is -2.32. The summed E-state index contributed by atoms with van der Waals surface area (Å²) in [5.74, 6) is -0.895. The number of carbonyl (C=O) groups is 2. The number of anilines is 1. The van der Waals surface area contributed by atoms with Gasteiger partial charge in [-0.3, -0.25) is 9.59 Å². The summed E-state index contributed by atoms with van der Waals surface area (Å²) in [6, 6.07) is 1.53. The number of nitrogens with zero attached hydrogens (tertiary/aromatic N) is 1. The lowest BCUT2D eigenvalue weighted by molar-refractivity contribution is -0.114. The summed E-state index contributed by atoms with van der Waals surface area (Å²) in [5, 5.41) is 2.47. The first-order valence-corrected chi connectivity index (χ1v) is 6.96. The highest BCUT2D eigenvalue weighted by Crippen LogP contribution is 2.36. The molecule has 0 atom stereocenters. The molecule has 0 spiro atoms. The van der Waals surface area contributed by atoms with Crippen LogP contribution in [0.15, 0.2) is 12.3 Å². The quantitative estimate of drug-likeness (QED) is 0.789. The molecule has 1 aliphatic heterocycles. The zero-order chi connectivity index (χ0) is 16.7. The molecule has 22 heavy (non-hydrogen) atoms. The highest BCUT2D eigenvalue weighted by molar-refractivity contribution is 6.62. The van der Waals surface area contributed by atoms with Gasteiger partial charge in [-0.1, -0.05) is 0 Å². The molecule has 118 valence electrons. The minimum absolute atomic E-state index is 0.113. The molecule has 0 aromatic carbocycles. The highest BCUT2D eigenvalue weighted by atomic mass is 16.7. The van der Waals surface area contributed by atoms with Crippen LogP contribution < -0.4 is 16.5 Å². The summed E-state index contributed by atoms with van der Waals surface area (Å²) < 4.78 is 11.8. The van der Waals surface area contributed by atoms with Crippen LogP contribution in [0.25, 0.3) is 0 Å². The second kappa shape index (κ2) is 5.37. The average Bonchev–Trinajstić information content (AvgIpc) is 2.57. The van der Waals surface area contributed by atoms with E-state index in [1.807, 2.05) is 27.7 Å². The first kappa shape index (κ1) is 16.4. The fourth-order valence-electron chi connectivity index (χ4n) is 2.04. The number of nitrogens with one attached hydrogen (secondary N) is 1. The summed E-state index contributed by atoms with van der Waals surface area (Å²) in [5.41, 5.74) is 5.04. The van der Waals surface area contributed by atoms with Gasteiger partial charge in [-0.15, -0.1) is 0 Å². The summed E-state index contributed by atoms with van der Waals surface area (Å²) in [7, 11) is -0.651. The van der Waals surface area contributed by atoms with Crippen LogP contribution >= 0.6 is 0 Å². The van der Waals surface area contributed by atoms with Gasteiger partial charge in [0.15, 0.2) is 0 Å². The number of rotatable bonds is 3. The third-order valence-corrected chi connectivity index (χ3v) is 3.99. The molecule has 1 aromatic heterocycles. The molecule has 8 heteroatoms. The van der Waals surface area contributed by atoms with Gasteiger partial charge < -0.3 is 20.4 Å². The summed E-state index contributed by atoms with van der Waals surface area (Å²) in [6.45, 7) is 9.05. The van der Waals surface area contributed by atoms with Gasteiger partial charge in [0.05, 0.1) is 16.8 Å². The van der Waals surface area contributed by atoms with E-state index in [4.69, 9.17) is 15.0 Å². The van der Waals surface area contributed by atoms with E-state index in [1.165, 1.54) is 19.2 Å². The third kappa shape index (κ3) is 2.98. The molecule has 2 amide bonds. The SMILES string of the molecule is CC(=O)Nc1ncc(B2OC(C)(C)C(C)(C)O2)cc1C(N)=O. The lowest BCUT2D eigenvalue weighted by atomic mass is 9.79.